The van der Waals surface area contributed by atoms with Crippen molar-refractivity contribution in [3.05, 3.63) is 12.4 Å². The van der Waals surface area contributed by atoms with Gasteiger partial charge in [0.1, 0.15) is 12.1 Å². The van der Waals surface area contributed by atoms with E-state index in [0.29, 0.717) is 12.5 Å². The summed E-state index contributed by atoms with van der Waals surface area (Å²) in [5.41, 5.74) is 5.84. The molecule has 82 valence electrons. The first-order valence-corrected chi connectivity index (χ1v) is 5.25. The fraction of sp³-hybridized carbons (Fsp3) is 0.600. The third-order valence-corrected chi connectivity index (χ3v) is 2.47. The molecular formula is C10H16N4O. The fourth-order valence-electron chi connectivity index (χ4n) is 1.73. The molecule has 0 aliphatic carbocycles. The molecule has 1 aliphatic heterocycles. The molecule has 1 aliphatic rings. The van der Waals surface area contributed by atoms with E-state index < -0.39 is 0 Å². The van der Waals surface area contributed by atoms with Crippen molar-refractivity contribution in [2.75, 3.05) is 24.6 Å². The van der Waals surface area contributed by atoms with Gasteiger partial charge in [0, 0.05) is 25.2 Å². The zero-order valence-electron chi connectivity index (χ0n) is 8.89. The minimum Gasteiger partial charge on any atom is -0.478 e. The molecule has 0 aromatic carbocycles. The fourth-order valence-corrected chi connectivity index (χ4v) is 1.73. The van der Waals surface area contributed by atoms with Gasteiger partial charge in [0.2, 0.25) is 5.88 Å². The van der Waals surface area contributed by atoms with Crippen LogP contribution in [0.25, 0.3) is 0 Å². The van der Waals surface area contributed by atoms with Gasteiger partial charge in [0.15, 0.2) is 0 Å². The van der Waals surface area contributed by atoms with Gasteiger partial charge >= 0.3 is 0 Å². The van der Waals surface area contributed by atoms with Gasteiger partial charge in [0.25, 0.3) is 0 Å². The first kappa shape index (κ1) is 10.2. The van der Waals surface area contributed by atoms with E-state index in [1.807, 2.05) is 13.0 Å². The molecule has 0 spiro atoms. The van der Waals surface area contributed by atoms with Crippen molar-refractivity contribution in [3.8, 4) is 5.88 Å². The SMILES string of the molecule is CCOc1cc(N2CC[C@@H](N)C2)ncn1. The molecule has 0 saturated carbocycles. The molecule has 15 heavy (non-hydrogen) atoms. The predicted octanol–water partition coefficient (Wildman–Crippen LogP) is 0.413. The summed E-state index contributed by atoms with van der Waals surface area (Å²) < 4.78 is 5.32. The minimum absolute atomic E-state index is 0.260. The number of hydrogen-bond donors (Lipinski definition) is 1. The summed E-state index contributed by atoms with van der Waals surface area (Å²) in [4.78, 5) is 10.4. The van der Waals surface area contributed by atoms with Gasteiger partial charge in [-0.05, 0) is 13.3 Å². The lowest BCUT2D eigenvalue weighted by Gasteiger charge is -2.16. The maximum absolute atomic E-state index is 5.84. The second-order valence-corrected chi connectivity index (χ2v) is 3.64. The molecule has 1 fully saturated rings. The number of nitrogens with zero attached hydrogens (tertiary/aromatic N) is 3. The van der Waals surface area contributed by atoms with E-state index in [1.54, 1.807) is 0 Å². The molecule has 1 aromatic heterocycles. The molecular weight excluding hydrogens is 192 g/mol. The van der Waals surface area contributed by atoms with Crippen LogP contribution in [0.4, 0.5) is 5.82 Å². The molecule has 0 radical (unpaired) electrons. The van der Waals surface area contributed by atoms with Crippen molar-refractivity contribution in [3.63, 3.8) is 0 Å². The first-order chi connectivity index (χ1) is 7.29. The lowest BCUT2D eigenvalue weighted by Crippen LogP contribution is -2.26. The maximum Gasteiger partial charge on any atom is 0.218 e. The highest BCUT2D eigenvalue weighted by atomic mass is 16.5. The molecule has 1 saturated heterocycles. The monoisotopic (exact) mass is 208 g/mol. The molecule has 0 unspecified atom stereocenters. The molecule has 1 aromatic rings. The number of hydrogen-bond acceptors (Lipinski definition) is 5. The van der Waals surface area contributed by atoms with Crippen LogP contribution in [0.1, 0.15) is 13.3 Å². The second kappa shape index (κ2) is 4.44. The van der Waals surface area contributed by atoms with Crippen molar-refractivity contribution in [2.24, 2.45) is 5.73 Å². The molecule has 0 amide bonds. The molecule has 5 heteroatoms. The number of aromatic nitrogens is 2. The van der Waals surface area contributed by atoms with Gasteiger partial charge in [0.05, 0.1) is 6.61 Å². The Balaban J connectivity index is 2.10. The number of rotatable bonds is 3. The Morgan fingerprint density at radius 3 is 3.13 bits per heavy atom. The Hall–Kier alpha value is -1.36. The van der Waals surface area contributed by atoms with E-state index in [0.717, 1.165) is 25.3 Å². The third kappa shape index (κ3) is 2.36. The molecule has 1 atom stereocenters. The Kier molecular flexibility index (Phi) is 3.01. The van der Waals surface area contributed by atoms with Crippen LogP contribution in [0, 0.1) is 0 Å². The molecule has 5 nitrogen and oxygen atoms in total. The van der Waals surface area contributed by atoms with Gasteiger partial charge in [-0.1, -0.05) is 0 Å². The van der Waals surface area contributed by atoms with Crippen LogP contribution in [0.2, 0.25) is 0 Å². The lowest BCUT2D eigenvalue weighted by atomic mass is 10.3. The Morgan fingerprint density at radius 2 is 2.47 bits per heavy atom. The van der Waals surface area contributed by atoms with Crippen LogP contribution < -0.4 is 15.4 Å². The standard InChI is InChI=1S/C10H16N4O/c1-2-15-10-5-9(12-7-13-10)14-4-3-8(11)6-14/h5,7-8H,2-4,6,11H2,1H3/t8-/m1/s1. The quantitative estimate of drug-likeness (QED) is 0.779. The number of nitrogens with two attached hydrogens (primary N) is 1. The average Bonchev–Trinajstić information content (AvgIpc) is 2.66. The summed E-state index contributed by atoms with van der Waals surface area (Å²) in [5.74, 6) is 1.53. The highest BCUT2D eigenvalue weighted by molar-refractivity contribution is 5.42. The Labute approximate surface area is 89.3 Å². The normalized spacial score (nSPS) is 20.7. The zero-order chi connectivity index (χ0) is 10.7. The highest BCUT2D eigenvalue weighted by Gasteiger charge is 2.20. The highest BCUT2D eigenvalue weighted by Crippen LogP contribution is 2.19. The van der Waals surface area contributed by atoms with Gasteiger partial charge in [-0.2, -0.15) is 0 Å². The number of ether oxygens (including phenoxy) is 1. The maximum atomic E-state index is 5.84. The second-order valence-electron chi connectivity index (χ2n) is 3.64. The van der Waals surface area contributed by atoms with E-state index in [4.69, 9.17) is 10.5 Å². The smallest absolute Gasteiger partial charge is 0.218 e. The van der Waals surface area contributed by atoms with E-state index in [9.17, 15) is 0 Å². The zero-order valence-corrected chi connectivity index (χ0v) is 8.89. The lowest BCUT2D eigenvalue weighted by molar-refractivity contribution is 0.326. The minimum atomic E-state index is 0.260. The van der Waals surface area contributed by atoms with Crippen LogP contribution in [-0.2, 0) is 0 Å². The summed E-state index contributed by atoms with van der Waals surface area (Å²) in [6.45, 7) is 4.38. The van der Waals surface area contributed by atoms with Crippen molar-refractivity contribution in [2.45, 2.75) is 19.4 Å². The summed E-state index contributed by atoms with van der Waals surface area (Å²) in [5, 5.41) is 0. The van der Waals surface area contributed by atoms with Crippen LogP contribution in [-0.4, -0.2) is 35.7 Å². The average molecular weight is 208 g/mol. The number of anilines is 1. The first-order valence-electron chi connectivity index (χ1n) is 5.25. The van der Waals surface area contributed by atoms with Crippen molar-refractivity contribution < 1.29 is 4.74 Å². The summed E-state index contributed by atoms with van der Waals surface area (Å²) in [7, 11) is 0. The van der Waals surface area contributed by atoms with Crippen LogP contribution >= 0.6 is 0 Å². The Morgan fingerprint density at radius 1 is 1.60 bits per heavy atom. The van der Waals surface area contributed by atoms with E-state index >= 15 is 0 Å². The summed E-state index contributed by atoms with van der Waals surface area (Å²) in [6.07, 6.45) is 2.55. The molecule has 0 bridgehead atoms. The predicted molar refractivity (Wildman–Crippen MR) is 58.0 cm³/mol. The summed E-state index contributed by atoms with van der Waals surface area (Å²) in [6, 6.07) is 2.12. The van der Waals surface area contributed by atoms with Crippen LogP contribution in [0.5, 0.6) is 5.88 Å². The Bertz CT molecular complexity index is 331. The van der Waals surface area contributed by atoms with Gasteiger partial charge in [-0.25, -0.2) is 9.97 Å². The van der Waals surface area contributed by atoms with E-state index in [1.165, 1.54) is 6.33 Å². The molecule has 2 heterocycles. The topological polar surface area (TPSA) is 64.3 Å². The van der Waals surface area contributed by atoms with Gasteiger partial charge < -0.3 is 15.4 Å². The van der Waals surface area contributed by atoms with Crippen molar-refractivity contribution in [1.82, 2.24) is 9.97 Å². The third-order valence-electron chi connectivity index (χ3n) is 2.47. The van der Waals surface area contributed by atoms with Gasteiger partial charge in [-0.3, -0.25) is 0 Å². The largest absolute Gasteiger partial charge is 0.478 e. The van der Waals surface area contributed by atoms with Crippen molar-refractivity contribution >= 4 is 5.82 Å². The van der Waals surface area contributed by atoms with E-state index in [2.05, 4.69) is 14.9 Å². The molecule has 2 rings (SSSR count). The van der Waals surface area contributed by atoms with Crippen LogP contribution in [0.15, 0.2) is 12.4 Å². The van der Waals surface area contributed by atoms with Crippen LogP contribution in [0.3, 0.4) is 0 Å². The van der Waals surface area contributed by atoms with E-state index in [-0.39, 0.29) is 6.04 Å². The summed E-state index contributed by atoms with van der Waals surface area (Å²) >= 11 is 0. The molecule has 2 N–H and O–H groups in total. The van der Waals surface area contributed by atoms with Gasteiger partial charge in [-0.15, -0.1) is 0 Å². The van der Waals surface area contributed by atoms with Crippen molar-refractivity contribution in [1.29, 1.82) is 0 Å².